The minimum atomic E-state index is -0.591. The van der Waals surface area contributed by atoms with E-state index in [2.05, 4.69) is 0 Å². The Balaban J connectivity index is 2.79. The van der Waals surface area contributed by atoms with Crippen LogP contribution in [0.4, 0.5) is 0 Å². The number of esters is 2. The van der Waals surface area contributed by atoms with Gasteiger partial charge in [-0.3, -0.25) is 0 Å². The van der Waals surface area contributed by atoms with Crippen LogP contribution in [-0.4, -0.2) is 33.3 Å². The Kier molecular flexibility index (Phi) is 3.89. The number of methoxy groups -OCH3 is 3. The highest BCUT2D eigenvalue weighted by molar-refractivity contribution is 6.11. The molecular weight excluding hydrogens is 260 g/mol. The summed E-state index contributed by atoms with van der Waals surface area (Å²) < 4.78 is 14.7. The van der Waals surface area contributed by atoms with Crippen molar-refractivity contribution in [2.24, 2.45) is 0 Å². The van der Waals surface area contributed by atoms with Crippen LogP contribution in [0.1, 0.15) is 20.7 Å². The molecule has 20 heavy (non-hydrogen) atoms. The van der Waals surface area contributed by atoms with E-state index in [-0.39, 0.29) is 11.1 Å². The molecular formula is C15H14O5. The van der Waals surface area contributed by atoms with Crippen molar-refractivity contribution in [3.8, 4) is 16.9 Å². The molecule has 0 saturated heterocycles. The van der Waals surface area contributed by atoms with Crippen molar-refractivity contribution in [1.29, 1.82) is 0 Å². The number of hydrogen-bond donors (Lipinski definition) is 0. The van der Waals surface area contributed by atoms with E-state index in [1.807, 2.05) is 0 Å². The van der Waals surface area contributed by atoms with Crippen LogP contribution >= 0.6 is 0 Å². The van der Waals surface area contributed by atoms with Gasteiger partial charge in [0.05, 0.1) is 32.5 Å². The van der Waals surface area contributed by atoms with Crippen LogP contribution in [0.15, 0.2) is 30.3 Å². The molecule has 0 aromatic carbocycles. The first-order valence-electron chi connectivity index (χ1n) is 5.90. The molecule has 0 amide bonds. The average Bonchev–Trinajstić information content (AvgIpc) is 2.73. The molecule has 0 atom stereocenters. The summed E-state index contributed by atoms with van der Waals surface area (Å²) in [6.45, 7) is 0. The molecule has 0 aliphatic heterocycles. The normalized spacial score (nSPS) is 10.2. The Morgan fingerprint density at radius 2 is 1.55 bits per heavy atom. The first-order valence-corrected chi connectivity index (χ1v) is 5.90. The van der Waals surface area contributed by atoms with Crippen molar-refractivity contribution >= 4 is 11.9 Å². The van der Waals surface area contributed by atoms with Crippen molar-refractivity contribution in [1.82, 2.24) is 0 Å². The fraction of sp³-hybridized carbons (Fsp3) is 0.200. The molecule has 0 fully saturated rings. The maximum absolute atomic E-state index is 12.0. The average molecular weight is 274 g/mol. The summed E-state index contributed by atoms with van der Waals surface area (Å²) in [5.74, 6) is -0.620. The van der Waals surface area contributed by atoms with Gasteiger partial charge >= 0.3 is 11.9 Å². The van der Waals surface area contributed by atoms with Gasteiger partial charge in [0.25, 0.3) is 0 Å². The van der Waals surface area contributed by atoms with Crippen molar-refractivity contribution in [3.63, 3.8) is 0 Å². The zero-order valence-electron chi connectivity index (χ0n) is 11.4. The molecule has 0 aromatic rings. The molecule has 2 aliphatic carbocycles. The Labute approximate surface area is 116 Å². The molecule has 0 unspecified atom stereocenters. The van der Waals surface area contributed by atoms with Crippen molar-refractivity contribution in [3.05, 3.63) is 41.5 Å². The number of rotatable bonds is 3. The summed E-state index contributed by atoms with van der Waals surface area (Å²) in [6, 6.07) is 8.61. The van der Waals surface area contributed by atoms with Crippen LogP contribution in [0.5, 0.6) is 5.75 Å². The third-order valence-electron chi connectivity index (χ3n) is 3.02. The minimum absolute atomic E-state index is 0.166. The van der Waals surface area contributed by atoms with E-state index >= 15 is 0 Å². The number of carbonyl (C=O) groups is 2. The maximum atomic E-state index is 12.0. The highest BCUT2D eigenvalue weighted by Crippen LogP contribution is 2.38. The van der Waals surface area contributed by atoms with E-state index in [1.165, 1.54) is 21.3 Å². The first-order chi connectivity index (χ1) is 9.63. The topological polar surface area (TPSA) is 61.8 Å². The van der Waals surface area contributed by atoms with Crippen LogP contribution < -0.4 is 4.74 Å². The lowest BCUT2D eigenvalue weighted by Gasteiger charge is -2.04. The molecule has 0 radical (unpaired) electrons. The standard InChI is InChI=1S/C15H14O5/c1-18-12-7-5-4-6-9-10(12)8-11(14(16)19-2)13(9)15(17)20-3/h4-8H,1-3H3. The number of fused-ring (bicyclic) bond motifs is 1. The van der Waals surface area contributed by atoms with Gasteiger partial charge in [-0.25, -0.2) is 9.59 Å². The summed E-state index contributed by atoms with van der Waals surface area (Å²) >= 11 is 0. The summed E-state index contributed by atoms with van der Waals surface area (Å²) in [5, 5.41) is 0. The van der Waals surface area contributed by atoms with Gasteiger partial charge in [-0.2, -0.15) is 0 Å². The molecule has 5 heteroatoms. The molecule has 0 bridgehead atoms. The molecule has 2 aliphatic rings. The number of ether oxygens (including phenoxy) is 3. The lowest BCUT2D eigenvalue weighted by molar-refractivity contribution is 0.0557. The summed E-state index contributed by atoms with van der Waals surface area (Å²) in [7, 11) is 4.05. The van der Waals surface area contributed by atoms with Gasteiger partial charge in [-0.15, -0.1) is 0 Å². The second kappa shape index (κ2) is 5.61. The first kappa shape index (κ1) is 13.9. The summed E-state index contributed by atoms with van der Waals surface area (Å²) in [6.07, 6.45) is 0. The van der Waals surface area contributed by atoms with Crippen LogP contribution in [0.25, 0.3) is 11.1 Å². The maximum Gasteiger partial charge on any atom is 0.339 e. The van der Waals surface area contributed by atoms with Crippen LogP contribution in [0, 0.1) is 0 Å². The predicted molar refractivity (Wildman–Crippen MR) is 72.3 cm³/mol. The lowest BCUT2D eigenvalue weighted by Crippen LogP contribution is -2.09. The Morgan fingerprint density at radius 1 is 0.900 bits per heavy atom. The zero-order chi connectivity index (χ0) is 14.7. The van der Waals surface area contributed by atoms with E-state index in [1.54, 1.807) is 30.3 Å². The van der Waals surface area contributed by atoms with Crippen LogP contribution in [-0.2, 0) is 9.47 Å². The van der Waals surface area contributed by atoms with Gasteiger partial charge < -0.3 is 14.2 Å². The molecule has 2 rings (SSSR count). The van der Waals surface area contributed by atoms with Crippen molar-refractivity contribution in [2.45, 2.75) is 0 Å². The second-order valence-electron chi connectivity index (χ2n) is 4.03. The van der Waals surface area contributed by atoms with E-state index in [4.69, 9.17) is 14.2 Å². The Hall–Kier alpha value is -2.56. The predicted octanol–water partition coefficient (Wildman–Crippen LogP) is 2.37. The fourth-order valence-electron chi connectivity index (χ4n) is 2.11. The van der Waals surface area contributed by atoms with E-state index in [0.29, 0.717) is 16.9 Å². The summed E-state index contributed by atoms with van der Waals surface area (Å²) in [4.78, 5) is 23.8. The molecule has 0 saturated carbocycles. The Morgan fingerprint density at radius 3 is 2.15 bits per heavy atom. The van der Waals surface area contributed by atoms with Gasteiger partial charge in [-0.05, 0) is 12.1 Å². The monoisotopic (exact) mass is 274 g/mol. The summed E-state index contributed by atoms with van der Waals surface area (Å²) in [5.41, 5.74) is 1.58. The molecule has 0 N–H and O–H groups in total. The smallest absolute Gasteiger partial charge is 0.339 e. The molecule has 0 heterocycles. The van der Waals surface area contributed by atoms with Crippen LogP contribution in [0.3, 0.4) is 0 Å². The highest BCUT2D eigenvalue weighted by atomic mass is 16.5. The van der Waals surface area contributed by atoms with E-state index in [9.17, 15) is 9.59 Å². The van der Waals surface area contributed by atoms with Crippen LogP contribution in [0.2, 0.25) is 0 Å². The quantitative estimate of drug-likeness (QED) is 0.804. The highest BCUT2D eigenvalue weighted by Gasteiger charge is 2.28. The van der Waals surface area contributed by atoms with E-state index < -0.39 is 11.9 Å². The molecule has 0 aromatic heterocycles. The van der Waals surface area contributed by atoms with Crippen molar-refractivity contribution < 1.29 is 23.8 Å². The fourth-order valence-corrected chi connectivity index (χ4v) is 2.11. The van der Waals surface area contributed by atoms with Gasteiger partial charge in [0.15, 0.2) is 0 Å². The molecule has 0 spiro atoms. The number of hydrogen-bond acceptors (Lipinski definition) is 5. The second-order valence-corrected chi connectivity index (χ2v) is 4.03. The van der Waals surface area contributed by atoms with E-state index in [0.717, 1.165) is 0 Å². The van der Waals surface area contributed by atoms with Crippen molar-refractivity contribution in [2.75, 3.05) is 21.3 Å². The third kappa shape index (κ3) is 2.18. The SMILES string of the molecule is COC(=O)c1cc2c(OC)ccccc-2c1C(=O)OC. The largest absolute Gasteiger partial charge is 0.496 e. The van der Waals surface area contributed by atoms with Gasteiger partial charge in [0, 0.05) is 11.1 Å². The van der Waals surface area contributed by atoms with Gasteiger partial charge in [0.1, 0.15) is 5.75 Å². The minimum Gasteiger partial charge on any atom is -0.496 e. The zero-order valence-corrected chi connectivity index (χ0v) is 11.4. The third-order valence-corrected chi connectivity index (χ3v) is 3.02. The Bertz CT molecular complexity index is 632. The van der Waals surface area contributed by atoms with Gasteiger partial charge in [0.2, 0.25) is 0 Å². The molecule has 104 valence electrons. The van der Waals surface area contributed by atoms with Gasteiger partial charge in [-0.1, -0.05) is 18.2 Å². The lowest BCUT2D eigenvalue weighted by atomic mass is 10.1. The number of carbonyl (C=O) groups excluding carboxylic acids is 2. The molecule has 5 nitrogen and oxygen atoms in total.